The lowest BCUT2D eigenvalue weighted by atomic mass is 10.1. The number of terminal acetylenes is 1. The van der Waals surface area contributed by atoms with Gasteiger partial charge in [0.2, 0.25) is 0 Å². The highest BCUT2D eigenvalue weighted by atomic mass is 79.9. The summed E-state index contributed by atoms with van der Waals surface area (Å²) >= 11 is 3.32. The maximum absolute atomic E-state index is 5.59. The van der Waals surface area contributed by atoms with Crippen LogP contribution in [0.1, 0.15) is 11.6 Å². The SMILES string of the molecule is C#CC(N)c1ccc(Br)cc1.Cl. The molecule has 0 fully saturated rings. The van der Waals surface area contributed by atoms with Crippen LogP contribution in [0.25, 0.3) is 0 Å². The van der Waals surface area contributed by atoms with Gasteiger partial charge in [0, 0.05) is 4.47 Å². The van der Waals surface area contributed by atoms with Crippen LogP contribution in [0, 0.1) is 12.3 Å². The van der Waals surface area contributed by atoms with Crippen molar-refractivity contribution in [3.05, 3.63) is 34.3 Å². The second-order valence-electron chi connectivity index (χ2n) is 2.20. The molecule has 0 saturated heterocycles. The first-order valence-electron chi connectivity index (χ1n) is 3.21. The van der Waals surface area contributed by atoms with Crippen molar-refractivity contribution in [1.29, 1.82) is 0 Å². The van der Waals surface area contributed by atoms with Crippen LogP contribution in [-0.4, -0.2) is 0 Å². The summed E-state index contributed by atoms with van der Waals surface area (Å²) in [6.45, 7) is 0. The quantitative estimate of drug-likeness (QED) is 0.757. The van der Waals surface area contributed by atoms with E-state index in [0.29, 0.717) is 0 Å². The molecule has 0 saturated carbocycles. The van der Waals surface area contributed by atoms with Gasteiger partial charge in [-0.15, -0.1) is 18.8 Å². The maximum Gasteiger partial charge on any atom is 0.0918 e. The molecule has 0 aliphatic heterocycles. The normalized spacial score (nSPS) is 11.1. The van der Waals surface area contributed by atoms with Gasteiger partial charge in [-0.2, -0.15) is 0 Å². The molecule has 1 unspecified atom stereocenters. The Kier molecular flexibility index (Phi) is 5.00. The van der Waals surface area contributed by atoms with Crippen LogP contribution in [0.15, 0.2) is 28.7 Å². The molecule has 0 aromatic heterocycles. The van der Waals surface area contributed by atoms with Crippen LogP contribution in [0.3, 0.4) is 0 Å². The fourth-order valence-electron chi connectivity index (χ4n) is 0.766. The molecule has 0 radical (unpaired) electrons. The van der Waals surface area contributed by atoms with E-state index in [1.165, 1.54) is 0 Å². The number of benzene rings is 1. The predicted octanol–water partition coefficient (Wildman–Crippen LogP) is 2.50. The molecule has 64 valence electrons. The summed E-state index contributed by atoms with van der Waals surface area (Å²) in [4.78, 5) is 0. The first-order valence-corrected chi connectivity index (χ1v) is 4.00. The van der Waals surface area contributed by atoms with Crippen molar-refractivity contribution >= 4 is 28.3 Å². The molecular weight excluding hydrogens is 237 g/mol. The van der Waals surface area contributed by atoms with Crippen molar-refractivity contribution in [3.8, 4) is 12.3 Å². The van der Waals surface area contributed by atoms with Crippen LogP contribution in [0.5, 0.6) is 0 Å². The summed E-state index contributed by atoms with van der Waals surface area (Å²) in [5, 5.41) is 0. The third-order valence-electron chi connectivity index (χ3n) is 1.41. The zero-order valence-electron chi connectivity index (χ0n) is 6.33. The van der Waals surface area contributed by atoms with Gasteiger partial charge in [0.1, 0.15) is 0 Å². The molecule has 1 aromatic rings. The van der Waals surface area contributed by atoms with Crippen LogP contribution in [0.4, 0.5) is 0 Å². The average molecular weight is 247 g/mol. The zero-order valence-corrected chi connectivity index (χ0v) is 8.73. The maximum atomic E-state index is 5.59. The summed E-state index contributed by atoms with van der Waals surface area (Å²) in [5.74, 6) is 2.46. The standard InChI is InChI=1S/C9H8BrN.ClH/c1-2-9(11)7-3-5-8(10)6-4-7;/h1,3-6,9H,11H2;1H. The fourth-order valence-corrected chi connectivity index (χ4v) is 1.03. The first kappa shape index (κ1) is 11.5. The number of rotatable bonds is 1. The lowest BCUT2D eigenvalue weighted by Gasteiger charge is -2.02. The van der Waals surface area contributed by atoms with Crippen molar-refractivity contribution < 1.29 is 0 Å². The average Bonchev–Trinajstić information content (AvgIpc) is 2.05. The van der Waals surface area contributed by atoms with E-state index in [0.717, 1.165) is 10.0 Å². The highest BCUT2D eigenvalue weighted by Gasteiger charge is 1.99. The zero-order chi connectivity index (χ0) is 8.27. The molecule has 0 aliphatic rings. The minimum Gasteiger partial charge on any atom is -0.314 e. The molecule has 1 aromatic carbocycles. The number of hydrogen-bond donors (Lipinski definition) is 1. The van der Waals surface area contributed by atoms with Gasteiger partial charge in [-0.05, 0) is 17.7 Å². The number of halogens is 2. The van der Waals surface area contributed by atoms with Crippen molar-refractivity contribution in [3.63, 3.8) is 0 Å². The van der Waals surface area contributed by atoms with Gasteiger partial charge in [0.15, 0.2) is 0 Å². The Morgan fingerprint density at radius 2 is 1.83 bits per heavy atom. The smallest absolute Gasteiger partial charge is 0.0918 e. The molecule has 12 heavy (non-hydrogen) atoms. The van der Waals surface area contributed by atoms with Crippen molar-refractivity contribution in [2.75, 3.05) is 0 Å². The van der Waals surface area contributed by atoms with Gasteiger partial charge in [-0.25, -0.2) is 0 Å². The molecule has 1 nitrogen and oxygen atoms in total. The lowest BCUT2D eigenvalue weighted by Crippen LogP contribution is -2.06. The van der Waals surface area contributed by atoms with E-state index in [4.69, 9.17) is 12.2 Å². The fraction of sp³-hybridized carbons (Fsp3) is 0.111. The van der Waals surface area contributed by atoms with Crippen molar-refractivity contribution in [1.82, 2.24) is 0 Å². The van der Waals surface area contributed by atoms with E-state index in [9.17, 15) is 0 Å². The van der Waals surface area contributed by atoms with Gasteiger partial charge in [0.05, 0.1) is 6.04 Å². The monoisotopic (exact) mass is 245 g/mol. The molecular formula is C9H9BrClN. The van der Waals surface area contributed by atoms with Gasteiger partial charge in [-0.1, -0.05) is 34.0 Å². The molecule has 2 N–H and O–H groups in total. The van der Waals surface area contributed by atoms with E-state index >= 15 is 0 Å². The Morgan fingerprint density at radius 3 is 2.25 bits per heavy atom. The molecule has 0 amide bonds. The summed E-state index contributed by atoms with van der Waals surface area (Å²) < 4.78 is 1.03. The number of hydrogen-bond acceptors (Lipinski definition) is 1. The Balaban J connectivity index is 0.00000121. The van der Waals surface area contributed by atoms with Gasteiger partial charge >= 0.3 is 0 Å². The molecule has 0 bridgehead atoms. The van der Waals surface area contributed by atoms with Crippen molar-refractivity contribution in [2.45, 2.75) is 6.04 Å². The van der Waals surface area contributed by atoms with E-state index in [-0.39, 0.29) is 18.4 Å². The summed E-state index contributed by atoms with van der Waals surface area (Å²) in [6, 6.07) is 7.38. The second kappa shape index (κ2) is 5.21. The van der Waals surface area contributed by atoms with Crippen LogP contribution < -0.4 is 5.73 Å². The van der Waals surface area contributed by atoms with Crippen LogP contribution in [-0.2, 0) is 0 Å². The Hall–Kier alpha value is -0.490. The highest BCUT2D eigenvalue weighted by Crippen LogP contribution is 2.14. The lowest BCUT2D eigenvalue weighted by molar-refractivity contribution is 0.946. The van der Waals surface area contributed by atoms with E-state index in [1.54, 1.807) is 0 Å². The van der Waals surface area contributed by atoms with Gasteiger partial charge < -0.3 is 5.73 Å². The third kappa shape index (κ3) is 2.86. The van der Waals surface area contributed by atoms with Crippen molar-refractivity contribution in [2.24, 2.45) is 5.73 Å². The summed E-state index contributed by atoms with van der Waals surface area (Å²) in [6.07, 6.45) is 5.16. The Bertz CT molecular complexity index is 276. The van der Waals surface area contributed by atoms with E-state index in [1.807, 2.05) is 24.3 Å². The topological polar surface area (TPSA) is 26.0 Å². The minimum absolute atomic E-state index is 0. The van der Waals surface area contributed by atoms with Crippen LogP contribution in [0.2, 0.25) is 0 Å². The molecule has 0 heterocycles. The third-order valence-corrected chi connectivity index (χ3v) is 1.94. The van der Waals surface area contributed by atoms with Gasteiger partial charge in [-0.3, -0.25) is 0 Å². The second-order valence-corrected chi connectivity index (χ2v) is 3.11. The minimum atomic E-state index is -0.289. The highest BCUT2D eigenvalue weighted by molar-refractivity contribution is 9.10. The van der Waals surface area contributed by atoms with Crippen LogP contribution >= 0.6 is 28.3 Å². The first-order chi connectivity index (χ1) is 5.24. The molecule has 3 heteroatoms. The summed E-state index contributed by atoms with van der Waals surface area (Å²) in [7, 11) is 0. The van der Waals surface area contributed by atoms with E-state index in [2.05, 4.69) is 21.9 Å². The molecule has 1 atom stereocenters. The van der Waals surface area contributed by atoms with Gasteiger partial charge in [0.25, 0.3) is 0 Å². The largest absolute Gasteiger partial charge is 0.314 e. The molecule has 1 rings (SSSR count). The Morgan fingerprint density at radius 1 is 1.33 bits per heavy atom. The molecule has 0 spiro atoms. The predicted molar refractivity (Wildman–Crippen MR) is 57.2 cm³/mol. The van der Waals surface area contributed by atoms with E-state index < -0.39 is 0 Å². The number of nitrogens with two attached hydrogens (primary N) is 1. The Labute approximate surface area is 86.9 Å². The summed E-state index contributed by atoms with van der Waals surface area (Å²) in [5.41, 5.74) is 6.56. The molecule has 0 aliphatic carbocycles.